The van der Waals surface area contributed by atoms with Crippen LogP contribution in [-0.2, 0) is 6.54 Å². The average Bonchev–Trinajstić information content (AvgIpc) is 2.41. The van der Waals surface area contributed by atoms with Crippen LogP contribution in [0.5, 0.6) is 0 Å². The fraction of sp³-hybridized carbons (Fsp3) is 0.667. The molecule has 1 fully saturated rings. The number of hydrogen-bond donors (Lipinski definition) is 1. The zero-order chi connectivity index (χ0) is 14.5. The highest BCUT2D eigenvalue weighted by Crippen LogP contribution is 2.17. The summed E-state index contributed by atoms with van der Waals surface area (Å²) in [5.41, 5.74) is 4.29. The summed E-state index contributed by atoms with van der Waals surface area (Å²) in [6, 6.07) is 7.49. The number of aryl methyl sites for hydroxylation is 2. The van der Waals surface area contributed by atoms with Gasteiger partial charge in [-0.2, -0.15) is 0 Å². The van der Waals surface area contributed by atoms with Crippen molar-refractivity contribution in [1.82, 2.24) is 10.2 Å². The number of benzene rings is 1. The van der Waals surface area contributed by atoms with Crippen LogP contribution in [0.4, 0.5) is 0 Å². The Morgan fingerprint density at radius 1 is 1.30 bits per heavy atom. The summed E-state index contributed by atoms with van der Waals surface area (Å²) in [5.74, 6) is 0.740. The molecular formula is C18H30N2. The number of hydrogen-bond acceptors (Lipinski definition) is 2. The molecule has 112 valence electrons. The van der Waals surface area contributed by atoms with Gasteiger partial charge in [-0.05, 0) is 56.8 Å². The number of nitrogens with one attached hydrogen (secondary N) is 1. The Hall–Kier alpha value is -0.860. The Labute approximate surface area is 124 Å². The Bertz CT molecular complexity index is 425. The number of rotatable bonds is 5. The highest BCUT2D eigenvalue weighted by molar-refractivity contribution is 5.30. The van der Waals surface area contributed by atoms with Gasteiger partial charge in [0.15, 0.2) is 0 Å². The molecule has 0 amide bonds. The maximum atomic E-state index is 3.72. The SMILES string of the molecule is Cc1ccc(C)c(CN2CCCC(NCC(C)C)C2)c1. The maximum Gasteiger partial charge on any atom is 0.0237 e. The summed E-state index contributed by atoms with van der Waals surface area (Å²) in [4.78, 5) is 2.61. The van der Waals surface area contributed by atoms with Gasteiger partial charge in [-0.25, -0.2) is 0 Å². The van der Waals surface area contributed by atoms with Crippen LogP contribution in [0, 0.1) is 19.8 Å². The lowest BCUT2D eigenvalue weighted by Gasteiger charge is -2.34. The molecular weight excluding hydrogens is 244 g/mol. The van der Waals surface area contributed by atoms with Gasteiger partial charge in [0.1, 0.15) is 0 Å². The zero-order valence-corrected chi connectivity index (χ0v) is 13.6. The molecule has 0 saturated carbocycles. The molecule has 1 N–H and O–H groups in total. The first kappa shape index (κ1) is 15.5. The summed E-state index contributed by atoms with van der Waals surface area (Å²) in [5, 5.41) is 3.72. The van der Waals surface area contributed by atoms with E-state index in [1.165, 1.54) is 42.6 Å². The van der Waals surface area contributed by atoms with E-state index in [1.54, 1.807) is 0 Å². The fourth-order valence-electron chi connectivity index (χ4n) is 2.98. The van der Waals surface area contributed by atoms with Gasteiger partial charge in [0.25, 0.3) is 0 Å². The maximum absolute atomic E-state index is 3.72. The summed E-state index contributed by atoms with van der Waals surface area (Å²) < 4.78 is 0. The third-order valence-corrected chi connectivity index (χ3v) is 4.22. The summed E-state index contributed by atoms with van der Waals surface area (Å²) in [7, 11) is 0. The molecule has 1 saturated heterocycles. The first-order valence-corrected chi connectivity index (χ1v) is 8.06. The van der Waals surface area contributed by atoms with E-state index < -0.39 is 0 Å². The minimum Gasteiger partial charge on any atom is -0.312 e. The molecule has 0 radical (unpaired) electrons. The van der Waals surface area contributed by atoms with E-state index >= 15 is 0 Å². The van der Waals surface area contributed by atoms with Crippen LogP contribution >= 0.6 is 0 Å². The minimum atomic E-state index is 0.677. The third-order valence-electron chi connectivity index (χ3n) is 4.22. The largest absolute Gasteiger partial charge is 0.312 e. The number of likely N-dealkylation sites (tertiary alicyclic amines) is 1. The second kappa shape index (κ2) is 7.24. The predicted molar refractivity (Wildman–Crippen MR) is 87.1 cm³/mol. The number of piperidine rings is 1. The molecule has 2 nitrogen and oxygen atoms in total. The zero-order valence-electron chi connectivity index (χ0n) is 13.6. The topological polar surface area (TPSA) is 15.3 Å². The molecule has 1 aromatic carbocycles. The quantitative estimate of drug-likeness (QED) is 0.884. The van der Waals surface area contributed by atoms with Crippen LogP contribution in [0.1, 0.15) is 43.4 Å². The molecule has 1 aromatic rings. The smallest absolute Gasteiger partial charge is 0.0237 e. The molecule has 0 bridgehead atoms. The molecule has 1 unspecified atom stereocenters. The molecule has 1 aliphatic rings. The van der Waals surface area contributed by atoms with Crippen molar-refractivity contribution in [2.45, 2.75) is 53.1 Å². The van der Waals surface area contributed by atoms with Crippen molar-refractivity contribution in [3.05, 3.63) is 34.9 Å². The molecule has 2 rings (SSSR count). The number of nitrogens with zero attached hydrogens (tertiary/aromatic N) is 1. The van der Waals surface area contributed by atoms with Crippen LogP contribution in [-0.4, -0.2) is 30.6 Å². The second-order valence-corrected chi connectivity index (χ2v) is 6.81. The fourth-order valence-corrected chi connectivity index (χ4v) is 2.98. The van der Waals surface area contributed by atoms with E-state index in [4.69, 9.17) is 0 Å². The molecule has 0 spiro atoms. The van der Waals surface area contributed by atoms with E-state index in [-0.39, 0.29) is 0 Å². The molecule has 0 aliphatic carbocycles. The Balaban J connectivity index is 1.90. The van der Waals surface area contributed by atoms with E-state index in [9.17, 15) is 0 Å². The van der Waals surface area contributed by atoms with Crippen molar-refractivity contribution in [2.75, 3.05) is 19.6 Å². The van der Waals surface area contributed by atoms with Crippen molar-refractivity contribution < 1.29 is 0 Å². The van der Waals surface area contributed by atoms with Crippen LogP contribution in [0.2, 0.25) is 0 Å². The summed E-state index contributed by atoms with van der Waals surface area (Å²) in [6.07, 6.45) is 2.65. The molecule has 20 heavy (non-hydrogen) atoms. The third kappa shape index (κ3) is 4.60. The van der Waals surface area contributed by atoms with Crippen LogP contribution < -0.4 is 5.32 Å². The highest BCUT2D eigenvalue weighted by Gasteiger charge is 2.20. The van der Waals surface area contributed by atoms with E-state index in [2.05, 4.69) is 56.1 Å². The van der Waals surface area contributed by atoms with Gasteiger partial charge in [0.05, 0.1) is 0 Å². The molecule has 2 heteroatoms. The summed E-state index contributed by atoms with van der Waals surface area (Å²) in [6.45, 7) is 13.7. The van der Waals surface area contributed by atoms with Crippen molar-refractivity contribution in [2.24, 2.45) is 5.92 Å². The van der Waals surface area contributed by atoms with Crippen LogP contribution in [0.15, 0.2) is 18.2 Å². The van der Waals surface area contributed by atoms with Crippen LogP contribution in [0.25, 0.3) is 0 Å². The van der Waals surface area contributed by atoms with E-state index in [0.717, 1.165) is 19.0 Å². The van der Waals surface area contributed by atoms with Gasteiger partial charge in [0, 0.05) is 19.1 Å². The first-order valence-electron chi connectivity index (χ1n) is 8.06. The monoisotopic (exact) mass is 274 g/mol. The minimum absolute atomic E-state index is 0.677. The van der Waals surface area contributed by atoms with Gasteiger partial charge >= 0.3 is 0 Å². The summed E-state index contributed by atoms with van der Waals surface area (Å²) >= 11 is 0. The van der Waals surface area contributed by atoms with Crippen molar-refractivity contribution in [3.8, 4) is 0 Å². The average molecular weight is 274 g/mol. The van der Waals surface area contributed by atoms with Gasteiger partial charge in [-0.3, -0.25) is 4.90 Å². The van der Waals surface area contributed by atoms with Crippen LogP contribution in [0.3, 0.4) is 0 Å². The lowest BCUT2D eigenvalue weighted by molar-refractivity contribution is 0.181. The second-order valence-electron chi connectivity index (χ2n) is 6.81. The van der Waals surface area contributed by atoms with Crippen molar-refractivity contribution in [1.29, 1.82) is 0 Å². The highest BCUT2D eigenvalue weighted by atomic mass is 15.2. The van der Waals surface area contributed by atoms with Gasteiger partial charge in [-0.15, -0.1) is 0 Å². The Morgan fingerprint density at radius 3 is 2.85 bits per heavy atom. The normalized spacial score (nSPS) is 20.6. The molecule has 1 heterocycles. The molecule has 0 aromatic heterocycles. The van der Waals surface area contributed by atoms with E-state index in [1.807, 2.05) is 0 Å². The Morgan fingerprint density at radius 2 is 2.10 bits per heavy atom. The predicted octanol–water partition coefficient (Wildman–Crippen LogP) is 3.51. The lowest BCUT2D eigenvalue weighted by atomic mass is 10.0. The van der Waals surface area contributed by atoms with Gasteiger partial charge < -0.3 is 5.32 Å². The standard InChI is InChI=1S/C18H30N2/c1-14(2)11-19-18-6-5-9-20(13-18)12-17-10-15(3)7-8-16(17)4/h7-8,10,14,18-19H,5-6,9,11-13H2,1-4H3. The van der Waals surface area contributed by atoms with Crippen molar-refractivity contribution in [3.63, 3.8) is 0 Å². The lowest BCUT2D eigenvalue weighted by Crippen LogP contribution is -2.46. The van der Waals surface area contributed by atoms with E-state index in [0.29, 0.717) is 6.04 Å². The van der Waals surface area contributed by atoms with Gasteiger partial charge in [0.2, 0.25) is 0 Å². The Kier molecular flexibility index (Phi) is 5.62. The molecule has 1 aliphatic heterocycles. The molecule has 1 atom stereocenters. The van der Waals surface area contributed by atoms with Gasteiger partial charge in [-0.1, -0.05) is 37.6 Å². The first-order chi connectivity index (χ1) is 9.54. The van der Waals surface area contributed by atoms with Crippen molar-refractivity contribution >= 4 is 0 Å².